The van der Waals surface area contributed by atoms with Crippen molar-refractivity contribution in [3.8, 4) is 0 Å². The summed E-state index contributed by atoms with van der Waals surface area (Å²) >= 11 is 0. The molecule has 0 spiro atoms. The number of carbonyl (C=O) groups is 2. The van der Waals surface area contributed by atoms with E-state index in [1.807, 2.05) is 6.92 Å². The molecule has 0 aliphatic heterocycles. The van der Waals surface area contributed by atoms with Crippen molar-refractivity contribution in [2.45, 2.75) is 20.8 Å². The Morgan fingerprint density at radius 1 is 1.14 bits per heavy atom. The topological polar surface area (TPSA) is 92.2 Å². The quantitative estimate of drug-likeness (QED) is 0.903. The van der Waals surface area contributed by atoms with Crippen LogP contribution in [0, 0.1) is 20.8 Å². The molecule has 108 valence electrons. The Bertz CT molecular complexity index is 726. The van der Waals surface area contributed by atoms with Crippen molar-refractivity contribution in [1.29, 1.82) is 0 Å². The summed E-state index contributed by atoms with van der Waals surface area (Å²) in [5.41, 5.74) is 2.47. The lowest BCUT2D eigenvalue weighted by Crippen LogP contribution is -2.18. The molecule has 6 heteroatoms. The fraction of sp³-hybridized carbons (Fsp3) is 0.200. The van der Waals surface area contributed by atoms with Gasteiger partial charge < -0.3 is 5.11 Å². The number of aromatic nitrogens is 2. The summed E-state index contributed by atoms with van der Waals surface area (Å²) in [6, 6.07) is 4.62. The molecule has 2 rings (SSSR count). The minimum Gasteiger partial charge on any atom is -0.478 e. The summed E-state index contributed by atoms with van der Waals surface area (Å²) in [7, 11) is 0. The Morgan fingerprint density at radius 2 is 1.86 bits per heavy atom. The zero-order valence-corrected chi connectivity index (χ0v) is 12.0. The van der Waals surface area contributed by atoms with E-state index >= 15 is 0 Å². The Morgan fingerprint density at radius 3 is 2.48 bits per heavy atom. The van der Waals surface area contributed by atoms with Crippen LogP contribution < -0.4 is 5.32 Å². The largest absolute Gasteiger partial charge is 0.478 e. The number of hydrogen-bond acceptors (Lipinski definition) is 4. The maximum atomic E-state index is 12.2. The van der Waals surface area contributed by atoms with Crippen molar-refractivity contribution in [1.82, 2.24) is 9.97 Å². The molecule has 1 aromatic heterocycles. The van der Waals surface area contributed by atoms with Gasteiger partial charge in [0.05, 0.1) is 11.1 Å². The van der Waals surface area contributed by atoms with Crippen molar-refractivity contribution in [3.05, 3.63) is 52.3 Å². The zero-order chi connectivity index (χ0) is 15.6. The molecule has 1 amide bonds. The van der Waals surface area contributed by atoms with Gasteiger partial charge in [-0.05, 0) is 38.5 Å². The highest BCUT2D eigenvalue weighted by Crippen LogP contribution is 2.14. The molecular formula is C15H15N3O3. The van der Waals surface area contributed by atoms with E-state index in [0.717, 1.165) is 16.8 Å². The number of carboxylic acid groups (broad SMARTS) is 1. The van der Waals surface area contributed by atoms with Crippen molar-refractivity contribution in [2.24, 2.45) is 0 Å². The fourth-order valence-electron chi connectivity index (χ4n) is 1.79. The van der Waals surface area contributed by atoms with Crippen LogP contribution in [0.15, 0.2) is 24.4 Å². The highest BCUT2D eigenvalue weighted by atomic mass is 16.4. The van der Waals surface area contributed by atoms with Gasteiger partial charge in [-0.1, -0.05) is 11.6 Å². The third-order valence-electron chi connectivity index (χ3n) is 3.10. The number of anilines is 1. The number of carbonyl (C=O) groups excluding carboxylic acids is 1. The number of carboxylic acids is 1. The number of nitrogens with zero attached hydrogens (tertiary/aromatic N) is 2. The number of aromatic carboxylic acids is 1. The van der Waals surface area contributed by atoms with Gasteiger partial charge >= 0.3 is 5.97 Å². The first kappa shape index (κ1) is 14.6. The SMILES string of the molecule is Cc1ccc(C(=O)Nc2ncc(C)c(C)n2)c(C(=O)O)c1. The maximum absolute atomic E-state index is 12.2. The van der Waals surface area contributed by atoms with E-state index in [9.17, 15) is 14.7 Å². The fourth-order valence-corrected chi connectivity index (χ4v) is 1.79. The standard InChI is InChI=1S/C15H15N3O3/c1-8-4-5-11(12(6-8)14(20)21)13(19)18-15-16-7-9(2)10(3)17-15/h4-7H,1-3H3,(H,20,21)(H,16,17,18,19). The molecule has 0 aliphatic rings. The summed E-state index contributed by atoms with van der Waals surface area (Å²) in [5, 5.41) is 11.7. The van der Waals surface area contributed by atoms with Crippen molar-refractivity contribution < 1.29 is 14.7 Å². The molecule has 0 saturated carbocycles. The van der Waals surface area contributed by atoms with Crippen LogP contribution in [0.4, 0.5) is 5.95 Å². The van der Waals surface area contributed by atoms with Crippen molar-refractivity contribution >= 4 is 17.8 Å². The molecule has 1 aromatic carbocycles. The summed E-state index contributed by atoms with van der Waals surface area (Å²) < 4.78 is 0. The molecular weight excluding hydrogens is 270 g/mol. The van der Waals surface area contributed by atoms with E-state index in [0.29, 0.717) is 0 Å². The molecule has 0 bridgehead atoms. The molecule has 2 N–H and O–H groups in total. The van der Waals surface area contributed by atoms with E-state index in [1.54, 1.807) is 26.1 Å². The average molecular weight is 285 g/mol. The van der Waals surface area contributed by atoms with Crippen LogP contribution in [0.1, 0.15) is 37.5 Å². The minimum absolute atomic E-state index is 0.0451. The second-order valence-electron chi connectivity index (χ2n) is 4.77. The first-order chi connectivity index (χ1) is 9.88. The van der Waals surface area contributed by atoms with E-state index in [1.165, 1.54) is 12.1 Å². The van der Waals surface area contributed by atoms with Gasteiger partial charge in [0, 0.05) is 11.9 Å². The Balaban J connectivity index is 2.32. The van der Waals surface area contributed by atoms with Crippen LogP contribution in [-0.4, -0.2) is 27.0 Å². The predicted molar refractivity (Wildman–Crippen MR) is 77.6 cm³/mol. The number of aryl methyl sites for hydroxylation is 3. The molecule has 0 saturated heterocycles. The zero-order valence-electron chi connectivity index (χ0n) is 12.0. The molecule has 1 heterocycles. The molecule has 0 aliphatic carbocycles. The van der Waals surface area contributed by atoms with Gasteiger partial charge in [0.1, 0.15) is 0 Å². The Hall–Kier alpha value is -2.76. The van der Waals surface area contributed by atoms with Gasteiger partial charge in [-0.25, -0.2) is 14.8 Å². The smallest absolute Gasteiger partial charge is 0.336 e. The van der Waals surface area contributed by atoms with Crippen LogP contribution in [0.2, 0.25) is 0 Å². The molecule has 2 aromatic rings. The summed E-state index contributed by atoms with van der Waals surface area (Å²) in [4.78, 5) is 31.6. The molecule has 21 heavy (non-hydrogen) atoms. The number of rotatable bonds is 3. The minimum atomic E-state index is -1.15. The lowest BCUT2D eigenvalue weighted by atomic mass is 10.0. The van der Waals surface area contributed by atoms with Crippen LogP contribution in [0.3, 0.4) is 0 Å². The van der Waals surface area contributed by atoms with E-state index in [2.05, 4.69) is 15.3 Å². The van der Waals surface area contributed by atoms with Gasteiger partial charge in [0.15, 0.2) is 0 Å². The van der Waals surface area contributed by atoms with Gasteiger partial charge in [0.25, 0.3) is 5.91 Å². The maximum Gasteiger partial charge on any atom is 0.336 e. The highest BCUT2D eigenvalue weighted by Gasteiger charge is 2.17. The second kappa shape index (κ2) is 5.70. The first-order valence-electron chi connectivity index (χ1n) is 6.34. The van der Waals surface area contributed by atoms with Crippen molar-refractivity contribution in [3.63, 3.8) is 0 Å². The lowest BCUT2D eigenvalue weighted by Gasteiger charge is -2.08. The monoisotopic (exact) mass is 285 g/mol. The second-order valence-corrected chi connectivity index (χ2v) is 4.77. The van der Waals surface area contributed by atoms with E-state index < -0.39 is 11.9 Å². The van der Waals surface area contributed by atoms with Crippen LogP contribution in [0.25, 0.3) is 0 Å². The third kappa shape index (κ3) is 3.22. The van der Waals surface area contributed by atoms with Crippen LogP contribution in [-0.2, 0) is 0 Å². The third-order valence-corrected chi connectivity index (χ3v) is 3.10. The molecule has 0 radical (unpaired) electrons. The lowest BCUT2D eigenvalue weighted by molar-refractivity contribution is 0.0692. The summed E-state index contributed by atoms with van der Waals surface area (Å²) in [6.45, 7) is 5.44. The predicted octanol–water partition coefficient (Wildman–Crippen LogP) is 2.35. The molecule has 0 fully saturated rings. The number of benzene rings is 1. The van der Waals surface area contributed by atoms with E-state index in [-0.39, 0.29) is 17.1 Å². The van der Waals surface area contributed by atoms with Gasteiger partial charge in [0.2, 0.25) is 5.95 Å². The van der Waals surface area contributed by atoms with Gasteiger partial charge in [-0.3, -0.25) is 10.1 Å². The normalized spacial score (nSPS) is 10.2. The first-order valence-corrected chi connectivity index (χ1v) is 6.34. The van der Waals surface area contributed by atoms with Gasteiger partial charge in [-0.15, -0.1) is 0 Å². The molecule has 0 atom stereocenters. The number of nitrogens with one attached hydrogen (secondary N) is 1. The molecule has 6 nitrogen and oxygen atoms in total. The summed E-state index contributed by atoms with van der Waals surface area (Å²) in [5.74, 6) is -1.54. The van der Waals surface area contributed by atoms with Crippen LogP contribution in [0.5, 0.6) is 0 Å². The van der Waals surface area contributed by atoms with Crippen molar-refractivity contribution in [2.75, 3.05) is 5.32 Å². The summed E-state index contributed by atoms with van der Waals surface area (Å²) in [6.07, 6.45) is 1.60. The van der Waals surface area contributed by atoms with E-state index in [4.69, 9.17) is 0 Å². The number of hydrogen-bond donors (Lipinski definition) is 2. The van der Waals surface area contributed by atoms with Crippen LogP contribution >= 0.6 is 0 Å². The number of amides is 1. The highest BCUT2D eigenvalue weighted by molar-refractivity contribution is 6.10. The average Bonchev–Trinajstić information content (AvgIpc) is 2.42. The molecule has 0 unspecified atom stereocenters. The van der Waals surface area contributed by atoms with Gasteiger partial charge in [-0.2, -0.15) is 0 Å². The Labute approximate surface area is 121 Å². The Kier molecular flexibility index (Phi) is 3.98.